The van der Waals surface area contributed by atoms with E-state index in [-0.39, 0.29) is 11.3 Å². The molecule has 2 aromatic carbocycles. The summed E-state index contributed by atoms with van der Waals surface area (Å²) in [5, 5.41) is 8.94. The van der Waals surface area contributed by atoms with Crippen molar-refractivity contribution in [2.45, 2.75) is 51.9 Å². The SMILES string of the molecule is Cc1ccc(C(=O)N2CCC(c3ccc(C#N)cc3)CC2)cc1C(C)(C)C. The first-order valence-corrected chi connectivity index (χ1v) is 9.70. The van der Waals surface area contributed by atoms with Crippen molar-refractivity contribution in [1.29, 1.82) is 5.26 Å². The Kier molecular flexibility index (Phi) is 5.37. The molecule has 0 saturated carbocycles. The van der Waals surface area contributed by atoms with Gasteiger partial charge in [-0.2, -0.15) is 5.26 Å². The minimum absolute atomic E-state index is 0.0307. The van der Waals surface area contributed by atoms with E-state index >= 15 is 0 Å². The Morgan fingerprint density at radius 1 is 1.07 bits per heavy atom. The van der Waals surface area contributed by atoms with E-state index < -0.39 is 0 Å². The van der Waals surface area contributed by atoms with Gasteiger partial charge in [0.2, 0.25) is 0 Å². The van der Waals surface area contributed by atoms with Gasteiger partial charge in [0.05, 0.1) is 11.6 Å². The van der Waals surface area contributed by atoms with E-state index in [4.69, 9.17) is 5.26 Å². The number of nitrogens with zero attached hydrogens (tertiary/aromatic N) is 2. The molecule has 0 aliphatic carbocycles. The average Bonchev–Trinajstić information content (AvgIpc) is 2.67. The number of carbonyl (C=O) groups excluding carboxylic acids is 1. The summed E-state index contributed by atoms with van der Waals surface area (Å²) >= 11 is 0. The minimum atomic E-state index is 0.0307. The second-order valence-electron chi connectivity index (χ2n) is 8.58. The molecular formula is C24H28N2O. The van der Waals surface area contributed by atoms with Gasteiger partial charge in [-0.15, -0.1) is 0 Å². The highest BCUT2D eigenvalue weighted by atomic mass is 16.2. The number of benzene rings is 2. The van der Waals surface area contributed by atoms with Crippen LogP contribution in [-0.2, 0) is 5.41 Å². The fourth-order valence-electron chi connectivity index (χ4n) is 3.99. The van der Waals surface area contributed by atoms with Crippen LogP contribution in [0.3, 0.4) is 0 Å². The van der Waals surface area contributed by atoms with Crippen LogP contribution < -0.4 is 0 Å². The summed E-state index contributed by atoms with van der Waals surface area (Å²) in [6, 6.07) is 16.1. The Morgan fingerprint density at radius 3 is 2.26 bits per heavy atom. The number of rotatable bonds is 2. The van der Waals surface area contributed by atoms with E-state index in [1.54, 1.807) is 0 Å². The lowest BCUT2D eigenvalue weighted by Gasteiger charge is -2.33. The molecule has 1 saturated heterocycles. The highest BCUT2D eigenvalue weighted by Gasteiger charge is 2.26. The lowest BCUT2D eigenvalue weighted by Crippen LogP contribution is -2.38. The van der Waals surface area contributed by atoms with Crippen LogP contribution in [0.4, 0.5) is 0 Å². The molecule has 0 aromatic heterocycles. The van der Waals surface area contributed by atoms with Gasteiger partial charge in [-0.3, -0.25) is 4.79 Å². The van der Waals surface area contributed by atoms with Crippen molar-refractivity contribution in [3.05, 3.63) is 70.3 Å². The van der Waals surface area contributed by atoms with Crippen molar-refractivity contribution in [2.24, 2.45) is 0 Å². The summed E-state index contributed by atoms with van der Waals surface area (Å²) in [5.74, 6) is 0.601. The van der Waals surface area contributed by atoms with Gasteiger partial charge in [0.15, 0.2) is 0 Å². The zero-order valence-corrected chi connectivity index (χ0v) is 16.7. The Hall–Kier alpha value is -2.60. The fraction of sp³-hybridized carbons (Fsp3) is 0.417. The monoisotopic (exact) mass is 360 g/mol. The van der Waals surface area contributed by atoms with Gasteiger partial charge in [-0.25, -0.2) is 0 Å². The number of hydrogen-bond donors (Lipinski definition) is 0. The third-order valence-electron chi connectivity index (χ3n) is 5.59. The molecule has 0 radical (unpaired) electrons. The predicted octanol–water partition coefficient (Wildman–Crippen LogP) is 5.18. The largest absolute Gasteiger partial charge is 0.339 e. The van der Waals surface area contributed by atoms with E-state index in [1.165, 1.54) is 16.7 Å². The Bertz CT molecular complexity index is 861. The number of likely N-dealkylation sites (tertiary alicyclic amines) is 1. The van der Waals surface area contributed by atoms with Crippen LogP contribution in [0, 0.1) is 18.3 Å². The van der Waals surface area contributed by atoms with Crippen molar-refractivity contribution in [3.8, 4) is 6.07 Å². The topological polar surface area (TPSA) is 44.1 Å². The highest BCUT2D eigenvalue weighted by molar-refractivity contribution is 5.94. The molecule has 1 aliphatic rings. The molecule has 140 valence electrons. The zero-order valence-electron chi connectivity index (χ0n) is 16.7. The molecule has 1 amide bonds. The van der Waals surface area contributed by atoms with Crippen LogP contribution in [0.5, 0.6) is 0 Å². The lowest BCUT2D eigenvalue weighted by atomic mass is 9.83. The highest BCUT2D eigenvalue weighted by Crippen LogP contribution is 2.30. The number of piperidine rings is 1. The molecule has 1 heterocycles. The van der Waals surface area contributed by atoms with Crippen molar-refractivity contribution < 1.29 is 4.79 Å². The number of carbonyl (C=O) groups is 1. The maximum atomic E-state index is 13.0. The molecule has 27 heavy (non-hydrogen) atoms. The van der Waals surface area contributed by atoms with Crippen LogP contribution in [0.25, 0.3) is 0 Å². The van der Waals surface area contributed by atoms with Crippen molar-refractivity contribution in [1.82, 2.24) is 4.90 Å². The van der Waals surface area contributed by atoms with Crippen LogP contribution in [-0.4, -0.2) is 23.9 Å². The fourth-order valence-corrected chi connectivity index (χ4v) is 3.99. The number of nitriles is 1. The Morgan fingerprint density at radius 2 is 1.70 bits per heavy atom. The van der Waals surface area contributed by atoms with Crippen molar-refractivity contribution >= 4 is 5.91 Å². The molecule has 3 rings (SSSR count). The maximum absolute atomic E-state index is 13.0. The van der Waals surface area contributed by atoms with Crippen molar-refractivity contribution in [3.63, 3.8) is 0 Å². The molecule has 2 aromatic rings. The van der Waals surface area contributed by atoms with E-state index in [0.29, 0.717) is 11.5 Å². The second kappa shape index (κ2) is 7.56. The van der Waals surface area contributed by atoms with Gasteiger partial charge < -0.3 is 4.90 Å². The summed E-state index contributed by atoms with van der Waals surface area (Å²) in [6.45, 7) is 10.2. The van der Waals surface area contributed by atoms with Gasteiger partial charge >= 0.3 is 0 Å². The first-order valence-electron chi connectivity index (χ1n) is 9.70. The first-order chi connectivity index (χ1) is 12.8. The second-order valence-corrected chi connectivity index (χ2v) is 8.58. The molecule has 0 N–H and O–H groups in total. The molecule has 3 nitrogen and oxygen atoms in total. The van der Waals surface area contributed by atoms with E-state index in [9.17, 15) is 4.79 Å². The standard InChI is InChI=1S/C24H28N2O/c1-17-5-8-21(15-22(17)24(2,3)4)23(27)26-13-11-20(12-14-26)19-9-6-18(16-25)7-10-19/h5-10,15,20H,11-14H2,1-4H3. The molecule has 3 heteroatoms. The lowest BCUT2D eigenvalue weighted by molar-refractivity contribution is 0.0713. The number of amides is 1. The van der Waals surface area contributed by atoms with Gasteiger partial charge in [0, 0.05) is 18.7 Å². The normalized spacial score (nSPS) is 15.4. The molecule has 0 atom stereocenters. The minimum Gasteiger partial charge on any atom is -0.339 e. The number of hydrogen-bond acceptors (Lipinski definition) is 2. The molecular weight excluding hydrogens is 332 g/mol. The van der Waals surface area contributed by atoms with E-state index in [1.807, 2.05) is 23.1 Å². The molecule has 1 aliphatic heterocycles. The first kappa shape index (κ1) is 19.2. The number of aryl methyl sites for hydroxylation is 1. The molecule has 0 bridgehead atoms. The summed E-state index contributed by atoms with van der Waals surface area (Å²) < 4.78 is 0. The predicted molar refractivity (Wildman–Crippen MR) is 109 cm³/mol. The third-order valence-corrected chi connectivity index (χ3v) is 5.59. The van der Waals surface area contributed by atoms with Gasteiger partial charge in [-0.1, -0.05) is 39.0 Å². The molecule has 1 fully saturated rings. The maximum Gasteiger partial charge on any atom is 0.253 e. The van der Waals surface area contributed by atoms with Crippen LogP contribution in [0.15, 0.2) is 42.5 Å². The Labute approximate surface area is 162 Å². The van der Waals surface area contributed by atoms with Crippen molar-refractivity contribution in [2.75, 3.05) is 13.1 Å². The van der Waals surface area contributed by atoms with Crippen LogP contribution >= 0.6 is 0 Å². The summed E-state index contributed by atoms with van der Waals surface area (Å²) in [6.07, 6.45) is 1.94. The smallest absolute Gasteiger partial charge is 0.253 e. The average molecular weight is 361 g/mol. The quantitative estimate of drug-likeness (QED) is 0.740. The van der Waals surface area contributed by atoms with E-state index in [2.05, 4.69) is 58.0 Å². The van der Waals surface area contributed by atoms with E-state index in [0.717, 1.165) is 31.5 Å². The third kappa shape index (κ3) is 4.22. The van der Waals surface area contributed by atoms with Crippen LogP contribution in [0.1, 0.15) is 72.1 Å². The van der Waals surface area contributed by atoms with Gasteiger partial charge in [0.25, 0.3) is 5.91 Å². The molecule has 0 unspecified atom stereocenters. The Balaban J connectivity index is 1.69. The summed E-state index contributed by atoms with van der Waals surface area (Å²) in [5.41, 5.74) is 5.26. The van der Waals surface area contributed by atoms with Crippen LogP contribution in [0.2, 0.25) is 0 Å². The summed E-state index contributed by atoms with van der Waals surface area (Å²) in [7, 11) is 0. The van der Waals surface area contributed by atoms with Gasteiger partial charge in [0.1, 0.15) is 0 Å². The molecule has 0 spiro atoms. The zero-order chi connectivity index (χ0) is 19.6. The summed E-state index contributed by atoms with van der Waals surface area (Å²) in [4.78, 5) is 15.0. The van der Waals surface area contributed by atoms with Gasteiger partial charge in [-0.05, 0) is 72.1 Å².